The van der Waals surface area contributed by atoms with Crippen LogP contribution in [0.15, 0.2) is 114 Å². The zero-order chi connectivity index (χ0) is 38.1. The maximum atomic E-state index is 6.65. The Morgan fingerprint density at radius 1 is 0.537 bits per heavy atom. The zero-order valence-corrected chi connectivity index (χ0v) is 33.9. The summed E-state index contributed by atoms with van der Waals surface area (Å²) in [5.41, 5.74) is 20.2. The van der Waals surface area contributed by atoms with Gasteiger partial charge < -0.3 is 9.32 Å². The minimum absolute atomic E-state index is 0.0378. The van der Waals surface area contributed by atoms with Gasteiger partial charge in [-0.25, -0.2) is 0 Å². The van der Waals surface area contributed by atoms with Crippen LogP contribution < -0.4 is 4.90 Å². The molecule has 2 aliphatic carbocycles. The highest BCUT2D eigenvalue weighted by atomic mass is 16.3. The van der Waals surface area contributed by atoms with Crippen molar-refractivity contribution in [2.45, 2.75) is 104 Å². The molecule has 0 bridgehead atoms. The molecular weight excluding hydrogens is 655 g/mol. The van der Waals surface area contributed by atoms with Gasteiger partial charge in [-0.1, -0.05) is 137 Å². The molecule has 6 aromatic carbocycles. The minimum atomic E-state index is -0.139. The molecule has 0 N–H and O–H groups in total. The summed E-state index contributed by atoms with van der Waals surface area (Å²) in [7, 11) is 0. The van der Waals surface area contributed by atoms with Crippen LogP contribution in [0.3, 0.4) is 0 Å². The standard InChI is InChI=1S/C52H53NO/c1-30(2)32-25-39(31(3)4)48-40-27-33(21-24-46(40)54-47(48)26-32)53(34-19-22-37-36-15-12-13-16-41(36)51(8,9)44(37)28-34)35-20-23-38-45(29-35)52(10,11)43-18-14-17-42(49(38)43)50(5,6)7/h12-31H,1-11H3. The Labute approximate surface area is 321 Å². The fourth-order valence-electron chi connectivity index (χ4n) is 9.69. The van der Waals surface area contributed by atoms with Crippen LogP contribution in [0.25, 0.3) is 44.2 Å². The van der Waals surface area contributed by atoms with Crippen molar-refractivity contribution >= 4 is 39.0 Å². The second kappa shape index (κ2) is 11.7. The summed E-state index contributed by atoms with van der Waals surface area (Å²) in [6.07, 6.45) is 0. The predicted octanol–water partition coefficient (Wildman–Crippen LogP) is 15.2. The Kier molecular flexibility index (Phi) is 7.52. The summed E-state index contributed by atoms with van der Waals surface area (Å²) in [5.74, 6) is 0.793. The molecule has 54 heavy (non-hydrogen) atoms. The molecule has 0 saturated carbocycles. The third-order valence-electron chi connectivity index (χ3n) is 12.7. The van der Waals surface area contributed by atoms with Crippen molar-refractivity contribution in [1.29, 1.82) is 0 Å². The van der Waals surface area contributed by atoms with Gasteiger partial charge in [0.05, 0.1) is 0 Å². The molecule has 0 unspecified atom stereocenters. The van der Waals surface area contributed by atoms with Gasteiger partial charge in [-0.15, -0.1) is 0 Å². The van der Waals surface area contributed by atoms with E-state index >= 15 is 0 Å². The topological polar surface area (TPSA) is 16.4 Å². The van der Waals surface area contributed by atoms with Gasteiger partial charge >= 0.3 is 0 Å². The fourth-order valence-corrected chi connectivity index (χ4v) is 9.69. The van der Waals surface area contributed by atoms with Crippen LogP contribution in [0.4, 0.5) is 17.1 Å². The number of rotatable bonds is 5. The van der Waals surface area contributed by atoms with E-state index < -0.39 is 0 Å². The lowest BCUT2D eigenvalue weighted by molar-refractivity contribution is 0.589. The van der Waals surface area contributed by atoms with Crippen LogP contribution in [0.1, 0.15) is 127 Å². The smallest absolute Gasteiger partial charge is 0.135 e. The number of benzene rings is 6. The summed E-state index contributed by atoms with van der Waals surface area (Å²) < 4.78 is 6.65. The molecule has 272 valence electrons. The van der Waals surface area contributed by atoms with Crippen molar-refractivity contribution in [3.63, 3.8) is 0 Å². The van der Waals surface area contributed by atoms with Crippen molar-refractivity contribution in [3.8, 4) is 22.3 Å². The lowest BCUT2D eigenvalue weighted by Gasteiger charge is -2.29. The van der Waals surface area contributed by atoms with Crippen LogP contribution >= 0.6 is 0 Å². The highest BCUT2D eigenvalue weighted by Gasteiger charge is 2.40. The average Bonchev–Trinajstić information content (AvgIpc) is 3.70. The molecule has 2 heteroatoms. The monoisotopic (exact) mass is 707 g/mol. The van der Waals surface area contributed by atoms with Crippen LogP contribution in [0, 0.1) is 0 Å². The SMILES string of the molecule is CC(C)c1cc(C(C)C)c2c(c1)oc1ccc(N(c3ccc4c(c3)C(C)(C)c3ccccc3-4)c3ccc4c(c3)C(C)(C)c3cccc(C(C)(C)C)c3-4)cc12. The number of nitrogens with zero attached hydrogens (tertiary/aromatic N) is 1. The summed E-state index contributed by atoms with van der Waals surface area (Å²) in [6, 6.07) is 41.7. The van der Waals surface area contributed by atoms with Gasteiger partial charge in [0.2, 0.25) is 0 Å². The van der Waals surface area contributed by atoms with E-state index in [4.69, 9.17) is 4.42 Å². The number of hydrogen-bond donors (Lipinski definition) is 0. The van der Waals surface area contributed by atoms with Crippen LogP contribution in [-0.4, -0.2) is 0 Å². The Hall–Kier alpha value is -5.08. The van der Waals surface area contributed by atoms with E-state index in [1.807, 2.05) is 0 Å². The first-order chi connectivity index (χ1) is 25.6. The highest BCUT2D eigenvalue weighted by molar-refractivity contribution is 6.09. The first-order valence-electron chi connectivity index (χ1n) is 19.9. The molecule has 0 atom stereocenters. The average molecular weight is 708 g/mol. The van der Waals surface area contributed by atoms with Crippen molar-refractivity contribution in [1.82, 2.24) is 0 Å². The molecule has 0 fully saturated rings. The Morgan fingerprint density at radius 2 is 1.13 bits per heavy atom. The van der Waals surface area contributed by atoms with Crippen LogP contribution in [-0.2, 0) is 16.2 Å². The summed E-state index contributed by atoms with van der Waals surface area (Å²) >= 11 is 0. The number of fused-ring (bicyclic) bond motifs is 9. The summed E-state index contributed by atoms with van der Waals surface area (Å²) in [5, 5.41) is 2.40. The molecule has 1 heterocycles. The van der Waals surface area contributed by atoms with Crippen LogP contribution in [0.2, 0.25) is 0 Å². The Bertz CT molecular complexity index is 2650. The van der Waals surface area contributed by atoms with Gasteiger partial charge in [-0.3, -0.25) is 0 Å². The Morgan fingerprint density at radius 3 is 1.81 bits per heavy atom. The van der Waals surface area contributed by atoms with Crippen molar-refractivity contribution in [2.24, 2.45) is 0 Å². The second-order valence-corrected chi connectivity index (χ2v) is 18.6. The third kappa shape index (κ3) is 4.98. The summed E-state index contributed by atoms with van der Waals surface area (Å²) in [6.45, 7) is 25.7. The normalized spacial score (nSPS) is 15.2. The minimum Gasteiger partial charge on any atom is -0.456 e. The molecule has 2 nitrogen and oxygen atoms in total. The molecular formula is C52H53NO. The maximum absolute atomic E-state index is 6.65. The van der Waals surface area contributed by atoms with E-state index in [0.29, 0.717) is 11.8 Å². The van der Waals surface area contributed by atoms with E-state index in [1.54, 1.807) is 0 Å². The number of anilines is 3. The molecule has 0 aliphatic heterocycles. The molecule has 0 spiro atoms. The molecule has 0 saturated heterocycles. The van der Waals surface area contributed by atoms with Gasteiger partial charge in [0.1, 0.15) is 11.2 Å². The van der Waals surface area contributed by atoms with Gasteiger partial charge in [-0.2, -0.15) is 0 Å². The molecule has 2 aliphatic rings. The fraction of sp³-hybridized carbons (Fsp3) is 0.308. The van der Waals surface area contributed by atoms with E-state index in [1.165, 1.54) is 77.7 Å². The van der Waals surface area contributed by atoms with Crippen molar-refractivity contribution in [2.75, 3.05) is 4.90 Å². The number of hydrogen-bond acceptors (Lipinski definition) is 2. The highest BCUT2D eigenvalue weighted by Crippen LogP contribution is 2.55. The Balaban J connectivity index is 1.29. The molecule has 0 amide bonds. The van der Waals surface area contributed by atoms with Gasteiger partial charge in [0, 0.05) is 38.7 Å². The molecule has 1 aromatic heterocycles. The number of furan rings is 1. The lowest BCUT2D eigenvalue weighted by atomic mass is 9.79. The first-order valence-corrected chi connectivity index (χ1v) is 19.9. The first kappa shape index (κ1) is 34.7. The van der Waals surface area contributed by atoms with Gasteiger partial charge in [0.15, 0.2) is 0 Å². The predicted molar refractivity (Wildman–Crippen MR) is 230 cm³/mol. The quantitative estimate of drug-likeness (QED) is 0.177. The largest absolute Gasteiger partial charge is 0.456 e. The summed E-state index contributed by atoms with van der Waals surface area (Å²) in [4.78, 5) is 2.49. The third-order valence-corrected chi connectivity index (χ3v) is 12.7. The maximum Gasteiger partial charge on any atom is 0.135 e. The van der Waals surface area contributed by atoms with E-state index in [9.17, 15) is 0 Å². The van der Waals surface area contributed by atoms with E-state index in [2.05, 4.69) is 190 Å². The zero-order valence-electron chi connectivity index (χ0n) is 33.9. The van der Waals surface area contributed by atoms with Crippen LogP contribution in [0.5, 0.6) is 0 Å². The lowest BCUT2D eigenvalue weighted by Crippen LogP contribution is -2.18. The molecule has 7 aromatic rings. The molecule has 0 radical (unpaired) electrons. The van der Waals surface area contributed by atoms with Gasteiger partial charge in [-0.05, 0) is 127 Å². The van der Waals surface area contributed by atoms with Crippen molar-refractivity contribution < 1.29 is 4.42 Å². The van der Waals surface area contributed by atoms with E-state index in [-0.39, 0.29) is 16.2 Å². The van der Waals surface area contributed by atoms with Crippen molar-refractivity contribution in [3.05, 3.63) is 148 Å². The van der Waals surface area contributed by atoms with Gasteiger partial charge in [0.25, 0.3) is 0 Å². The van der Waals surface area contributed by atoms with E-state index in [0.717, 1.165) is 22.5 Å². The molecule has 9 rings (SSSR count). The second-order valence-electron chi connectivity index (χ2n) is 18.6.